The molecule has 0 aromatic heterocycles. The average molecular weight is 475 g/mol. The molecule has 0 amide bonds. The Hall–Kier alpha value is -0.610. The molecule has 4 nitrogen and oxygen atoms in total. The number of hydrogen-bond donors (Lipinski definition) is 0. The number of carbonyl (C=O) groups is 1. The molecule has 0 aromatic rings. The van der Waals surface area contributed by atoms with Crippen LogP contribution >= 0.6 is 0 Å². The van der Waals surface area contributed by atoms with E-state index in [-0.39, 0.29) is 29.4 Å². The summed E-state index contributed by atoms with van der Waals surface area (Å²) in [7, 11) is 1.79. The van der Waals surface area contributed by atoms with Crippen molar-refractivity contribution in [2.45, 2.75) is 131 Å². The first-order chi connectivity index (χ1) is 15.8. The average Bonchev–Trinajstić information content (AvgIpc) is 3.32. The van der Waals surface area contributed by atoms with Crippen molar-refractivity contribution in [2.24, 2.45) is 45.3 Å². The SMILES string of the molecule is COC1CC[C@@](C)([C@H]2CC[C@]3(C)[C@@H]2CC[C@@H]2[C@@]4(C)CCC(OC(C)=O)C(C)(C)[C@@H]4CC[C@]23C)O1. The van der Waals surface area contributed by atoms with Gasteiger partial charge in [-0.05, 0) is 105 Å². The lowest BCUT2D eigenvalue weighted by Crippen LogP contribution is -2.64. The van der Waals surface area contributed by atoms with E-state index < -0.39 is 0 Å². The molecule has 10 atom stereocenters. The molecule has 1 aliphatic heterocycles. The topological polar surface area (TPSA) is 44.8 Å². The fourth-order valence-corrected chi connectivity index (χ4v) is 11.1. The number of rotatable bonds is 3. The Kier molecular flexibility index (Phi) is 5.85. The summed E-state index contributed by atoms with van der Waals surface area (Å²) in [5.74, 6) is 2.65. The molecular formula is C30H50O4. The molecule has 5 rings (SSSR count). The van der Waals surface area contributed by atoms with Crippen LogP contribution in [0.1, 0.15) is 113 Å². The number of fused-ring (bicyclic) bond motifs is 5. The molecule has 4 heteroatoms. The van der Waals surface area contributed by atoms with Crippen LogP contribution in [0.5, 0.6) is 0 Å². The van der Waals surface area contributed by atoms with E-state index in [2.05, 4.69) is 41.5 Å². The normalized spacial score (nSPS) is 54.1. The number of ether oxygens (including phenoxy) is 3. The number of methoxy groups -OCH3 is 1. The lowest BCUT2D eigenvalue weighted by molar-refractivity contribution is -0.233. The van der Waals surface area contributed by atoms with Gasteiger partial charge in [0.2, 0.25) is 0 Å². The van der Waals surface area contributed by atoms with Gasteiger partial charge in [0.15, 0.2) is 6.29 Å². The fraction of sp³-hybridized carbons (Fsp3) is 0.967. The third-order valence-electron chi connectivity index (χ3n) is 13.0. The predicted molar refractivity (Wildman–Crippen MR) is 134 cm³/mol. The van der Waals surface area contributed by atoms with Crippen LogP contribution < -0.4 is 0 Å². The van der Waals surface area contributed by atoms with Gasteiger partial charge in [0.25, 0.3) is 0 Å². The zero-order valence-electron chi connectivity index (χ0n) is 23.2. The van der Waals surface area contributed by atoms with Gasteiger partial charge in [0, 0.05) is 25.9 Å². The summed E-state index contributed by atoms with van der Waals surface area (Å²) in [4.78, 5) is 11.9. The largest absolute Gasteiger partial charge is 0.462 e. The third kappa shape index (κ3) is 3.25. The van der Waals surface area contributed by atoms with Crippen molar-refractivity contribution in [2.75, 3.05) is 7.11 Å². The Bertz CT molecular complexity index is 823. The minimum atomic E-state index is -0.120. The monoisotopic (exact) mass is 474 g/mol. The Morgan fingerprint density at radius 2 is 1.47 bits per heavy atom. The van der Waals surface area contributed by atoms with Crippen molar-refractivity contribution >= 4 is 5.97 Å². The van der Waals surface area contributed by atoms with Crippen LogP contribution in [0.4, 0.5) is 0 Å². The van der Waals surface area contributed by atoms with Gasteiger partial charge < -0.3 is 14.2 Å². The van der Waals surface area contributed by atoms with E-state index in [9.17, 15) is 4.79 Å². The summed E-state index contributed by atoms with van der Waals surface area (Å²) in [5.41, 5.74) is 1.08. The first-order valence-electron chi connectivity index (χ1n) is 14.2. The molecule has 0 aromatic carbocycles. The van der Waals surface area contributed by atoms with Gasteiger partial charge in [-0.25, -0.2) is 0 Å². The van der Waals surface area contributed by atoms with Crippen molar-refractivity contribution < 1.29 is 19.0 Å². The second-order valence-electron chi connectivity index (χ2n) is 14.4. The second kappa shape index (κ2) is 7.94. The van der Waals surface area contributed by atoms with Gasteiger partial charge in [-0.3, -0.25) is 4.79 Å². The Morgan fingerprint density at radius 3 is 2.12 bits per heavy atom. The van der Waals surface area contributed by atoms with Crippen LogP contribution in [-0.2, 0) is 19.0 Å². The Balaban J connectivity index is 1.43. The maximum absolute atomic E-state index is 11.9. The molecule has 4 aliphatic carbocycles. The van der Waals surface area contributed by atoms with E-state index in [4.69, 9.17) is 14.2 Å². The van der Waals surface area contributed by atoms with Gasteiger partial charge in [-0.1, -0.05) is 34.6 Å². The Morgan fingerprint density at radius 1 is 0.765 bits per heavy atom. The van der Waals surface area contributed by atoms with E-state index in [1.165, 1.54) is 44.9 Å². The predicted octanol–water partition coefficient (Wildman–Crippen LogP) is 7.14. The molecule has 1 heterocycles. The van der Waals surface area contributed by atoms with Gasteiger partial charge in [-0.15, -0.1) is 0 Å². The van der Waals surface area contributed by atoms with Crippen molar-refractivity contribution in [3.63, 3.8) is 0 Å². The standard InChI is InChI=1S/C30H50O4/c1-19(31)33-24-13-15-27(4)22(26(24,2)3)12-17-29(6)23(27)10-9-20-21(11-16-28(20,29)5)30(7)18-14-25(32-8)34-30/h20-25H,9-18H2,1-8H3/t20-,21+,22+,23-,24?,25?,27+,28-,29-,30+/m1/s1. The molecule has 0 bridgehead atoms. The summed E-state index contributed by atoms with van der Waals surface area (Å²) in [6, 6.07) is 0. The van der Waals surface area contributed by atoms with E-state index in [1.807, 2.05) is 0 Å². The summed E-state index contributed by atoms with van der Waals surface area (Å²) >= 11 is 0. The van der Waals surface area contributed by atoms with Gasteiger partial charge in [0.1, 0.15) is 6.10 Å². The van der Waals surface area contributed by atoms with E-state index in [1.54, 1.807) is 14.0 Å². The van der Waals surface area contributed by atoms with Gasteiger partial charge in [0.05, 0.1) is 5.60 Å². The molecule has 194 valence electrons. The maximum atomic E-state index is 11.9. The highest BCUT2D eigenvalue weighted by molar-refractivity contribution is 5.66. The molecule has 0 radical (unpaired) electrons. The van der Waals surface area contributed by atoms with Crippen LogP contribution in [0.2, 0.25) is 0 Å². The highest BCUT2D eigenvalue weighted by Crippen LogP contribution is 2.76. The van der Waals surface area contributed by atoms with Gasteiger partial charge >= 0.3 is 5.97 Å². The highest BCUT2D eigenvalue weighted by Gasteiger charge is 2.70. The van der Waals surface area contributed by atoms with Crippen molar-refractivity contribution in [3.8, 4) is 0 Å². The highest BCUT2D eigenvalue weighted by atomic mass is 16.7. The van der Waals surface area contributed by atoms with Crippen LogP contribution in [0.3, 0.4) is 0 Å². The molecule has 34 heavy (non-hydrogen) atoms. The molecule has 2 unspecified atom stereocenters. The van der Waals surface area contributed by atoms with Crippen molar-refractivity contribution in [1.82, 2.24) is 0 Å². The van der Waals surface area contributed by atoms with Crippen LogP contribution in [-0.4, -0.2) is 31.1 Å². The molecule has 1 saturated heterocycles. The lowest BCUT2D eigenvalue weighted by Gasteiger charge is -2.70. The summed E-state index contributed by atoms with van der Waals surface area (Å²) in [6.07, 6.45) is 12.3. The zero-order chi connectivity index (χ0) is 24.7. The number of carbonyl (C=O) groups excluding carboxylic acids is 1. The smallest absolute Gasteiger partial charge is 0.302 e. The van der Waals surface area contributed by atoms with Crippen LogP contribution in [0.15, 0.2) is 0 Å². The third-order valence-corrected chi connectivity index (χ3v) is 13.0. The first kappa shape index (κ1) is 25.1. The molecule has 5 fully saturated rings. The summed E-state index contributed by atoms with van der Waals surface area (Å²) in [5, 5.41) is 0. The molecule has 0 N–H and O–H groups in total. The van der Waals surface area contributed by atoms with E-state index in [0.29, 0.717) is 28.1 Å². The first-order valence-corrected chi connectivity index (χ1v) is 14.2. The van der Waals surface area contributed by atoms with Crippen molar-refractivity contribution in [1.29, 1.82) is 0 Å². The van der Waals surface area contributed by atoms with E-state index >= 15 is 0 Å². The number of esters is 1. The van der Waals surface area contributed by atoms with E-state index in [0.717, 1.165) is 31.1 Å². The second-order valence-corrected chi connectivity index (χ2v) is 14.4. The fourth-order valence-electron chi connectivity index (χ4n) is 11.1. The number of hydrogen-bond acceptors (Lipinski definition) is 4. The minimum absolute atomic E-state index is 0.0206. The summed E-state index contributed by atoms with van der Waals surface area (Å²) in [6.45, 7) is 16.7. The molecular weight excluding hydrogens is 424 g/mol. The lowest BCUT2D eigenvalue weighted by atomic mass is 9.35. The summed E-state index contributed by atoms with van der Waals surface area (Å²) < 4.78 is 18.0. The molecule has 4 saturated carbocycles. The molecule has 5 aliphatic rings. The maximum Gasteiger partial charge on any atom is 0.302 e. The Labute approximate surface area is 208 Å². The zero-order valence-corrected chi connectivity index (χ0v) is 23.2. The van der Waals surface area contributed by atoms with Crippen molar-refractivity contribution in [3.05, 3.63) is 0 Å². The molecule has 0 spiro atoms. The van der Waals surface area contributed by atoms with Crippen LogP contribution in [0, 0.1) is 45.3 Å². The van der Waals surface area contributed by atoms with Gasteiger partial charge in [-0.2, -0.15) is 0 Å². The minimum Gasteiger partial charge on any atom is -0.462 e. The van der Waals surface area contributed by atoms with Crippen LogP contribution in [0.25, 0.3) is 0 Å². The quantitative estimate of drug-likeness (QED) is 0.408.